The van der Waals surface area contributed by atoms with Crippen molar-refractivity contribution in [2.45, 2.75) is 52.4 Å². The summed E-state index contributed by atoms with van der Waals surface area (Å²) in [5.41, 5.74) is 30.3. The average Bonchev–Trinajstić information content (AvgIpc) is 0.698. The molecule has 4 heterocycles. The van der Waals surface area contributed by atoms with Crippen molar-refractivity contribution in [3.63, 3.8) is 0 Å². The van der Waals surface area contributed by atoms with Gasteiger partial charge in [-0.25, -0.2) is 0 Å². The fourth-order valence-electron chi connectivity index (χ4n) is 16.1. The van der Waals surface area contributed by atoms with E-state index in [1.807, 2.05) is 0 Å². The monoisotopic (exact) mass is 1290 g/mol. The van der Waals surface area contributed by atoms with Gasteiger partial charge in [-0.2, -0.15) is 0 Å². The molecule has 14 aromatic carbocycles. The van der Waals surface area contributed by atoms with Crippen molar-refractivity contribution >= 4 is 132 Å². The second kappa shape index (κ2) is 23.9. The van der Waals surface area contributed by atoms with E-state index in [1.165, 1.54) is 33.0 Å². The Morgan fingerprint density at radius 2 is 0.670 bits per heavy atom. The van der Waals surface area contributed by atoms with E-state index in [0.29, 0.717) is 0 Å². The first kappa shape index (κ1) is 60.4. The summed E-state index contributed by atoms with van der Waals surface area (Å²) in [6.45, 7) is 13.3. The van der Waals surface area contributed by atoms with Gasteiger partial charge < -0.3 is 29.2 Å². The molecule has 4 aliphatic heterocycles. The molecule has 18 rings (SSSR count). The zero-order chi connectivity index (χ0) is 67.4. The number of anilines is 15. The molecule has 0 aromatic heterocycles. The van der Waals surface area contributed by atoms with Crippen LogP contribution in [-0.2, 0) is 10.8 Å². The largest absolute Gasteiger partial charge is 0.458 e. The molecule has 100 heavy (non-hydrogen) atoms. The molecule has 0 aliphatic carbocycles. The summed E-state index contributed by atoms with van der Waals surface area (Å²) in [5.74, 6) is 1.62. The van der Waals surface area contributed by atoms with Crippen LogP contribution in [0, 0.1) is 0 Å². The Kier molecular flexibility index (Phi) is 14.5. The van der Waals surface area contributed by atoms with E-state index in [9.17, 15) is 0 Å². The lowest BCUT2D eigenvalue weighted by Crippen LogP contribution is -2.64. The van der Waals surface area contributed by atoms with E-state index in [-0.39, 0.29) is 24.3 Å². The van der Waals surface area contributed by atoms with E-state index in [2.05, 4.69) is 400 Å². The Hall–Kier alpha value is -12.0. The number of rotatable bonds is 11. The molecule has 0 bridgehead atoms. The van der Waals surface area contributed by atoms with Gasteiger partial charge in [0.1, 0.15) is 11.5 Å². The van der Waals surface area contributed by atoms with Crippen molar-refractivity contribution in [3.05, 3.63) is 345 Å². The van der Waals surface area contributed by atoms with Crippen LogP contribution in [-0.4, -0.2) is 13.4 Å². The lowest BCUT2D eigenvalue weighted by atomic mass is 9.30. The normalized spacial score (nSPS) is 13.1. The standard InChI is InChI=1S/C92H73B2N5O/c1-91(2,3)64-52-48-62(49-53-64)73-40-22-26-44-79(73)96(68-34-16-9-17-35-68)72-58-86-90-88(59-72)100-87-61-83-77(60-78(87)94(90)76-43-25-29-47-82(76)99(86)80-45-27-23-41-74(80)63-50-54-65(55-51-63)92(4,5)6)93-75-42-24-28-46-81(75)97(69-36-18-10-19-37-69)84-56-71(57-85(89(84)93)98(83)70-38-20-11-21-39-70)95(66-30-12-7-13-31-66)67-32-14-8-15-33-67/h7-61H,1-6H3. The molecule has 0 amide bonds. The zero-order valence-corrected chi connectivity index (χ0v) is 57.1. The van der Waals surface area contributed by atoms with Crippen LogP contribution in [0.5, 0.6) is 11.5 Å². The molecule has 8 heteroatoms. The van der Waals surface area contributed by atoms with Crippen LogP contribution in [0.1, 0.15) is 52.7 Å². The molecule has 0 unspecified atom stereocenters. The van der Waals surface area contributed by atoms with Crippen LogP contribution < -0.4 is 62.0 Å². The second-order valence-electron chi connectivity index (χ2n) is 28.9. The van der Waals surface area contributed by atoms with Crippen molar-refractivity contribution in [1.82, 2.24) is 0 Å². The highest BCUT2D eigenvalue weighted by Crippen LogP contribution is 2.53. The van der Waals surface area contributed by atoms with Crippen LogP contribution >= 0.6 is 0 Å². The number of hydrogen-bond acceptors (Lipinski definition) is 6. The van der Waals surface area contributed by atoms with Crippen LogP contribution in [0.3, 0.4) is 0 Å². The summed E-state index contributed by atoms with van der Waals surface area (Å²) in [4.78, 5) is 12.4. The Balaban J connectivity index is 0.906. The van der Waals surface area contributed by atoms with Crippen molar-refractivity contribution < 1.29 is 4.74 Å². The number of hydrogen-bond donors (Lipinski definition) is 0. The van der Waals surface area contributed by atoms with Crippen LogP contribution in [0.4, 0.5) is 85.3 Å². The van der Waals surface area contributed by atoms with Gasteiger partial charge in [-0.3, -0.25) is 0 Å². The van der Waals surface area contributed by atoms with E-state index in [4.69, 9.17) is 4.74 Å². The molecule has 478 valence electrons. The van der Waals surface area contributed by atoms with Gasteiger partial charge in [-0.15, -0.1) is 0 Å². The maximum absolute atomic E-state index is 7.98. The fourth-order valence-corrected chi connectivity index (χ4v) is 16.1. The summed E-state index contributed by atoms with van der Waals surface area (Å²) in [6, 6.07) is 123. The first-order valence-corrected chi connectivity index (χ1v) is 35.0. The maximum Gasteiger partial charge on any atom is 0.256 e. The molecular weight excluding hydrogens is 1210 g/mol. The molecule has 0 saturated carbocycles. The number of nitrogens with zero attached hydrogens (tertiary/aromatic N) is 5. The average molecular weight is 1290 g/mol. The molecule has 0 spiro atoms. The number of fused-ring (bicyclic) bond motifs is 8. The third-order valence-electron chi connectivity index (χ3n) is 20.7. The third kappa shape index (κ3) is 10.1. The molecule has 0 radical (unpaired) electrons. The maximum atomic E-state index is 7.98. The molecular formula is C92H73B2N5O. The molecule has 14 aromatic rings. The number of ether oxygens (including phenoxy) is 1. The van der Waals surface area contributed by atoms with Gasteiger partial charge in [0.25, 0.3) is 13.4 Å². The third-order valence-corrected chi connectivity index (χ3v) is 20.7. The Morgan fingerprint density at radius 1 is 0.270 bits per heavy atom. The van der Waals surface area contributed by atoms with Gasteiger partial charge >= 0.3 is 0 Å². The highest BCUT2D eigenvalue weighted by molar-refractivity contribution is 7.02. The van der Waals surface area contributed by atoms with Crippen molar-refractivity contribution in [1.29, 1.82) is 0 Å². The Labute approximate surface area is 588 Å². The molecule has 0 atom stereocenters. The summed E-state index contributed by atoms with van der Waals surface area (Å²) in [6.07, 6.45) is 0. The minimum Gasteiger partial charge on any atom is -0.458 e. The summed E-state index contributed by atoms with van der Waals surface area (Å²) in [7, 11) is 0. The topological polar surface area (TPSA) is 25.4 Å². The number of para-hydroxylation sites is 9. The Bertz CT molecular complexity index is 5410. The minimum atomic E-state index is -0.240. The molecule has 0 fully saturated rings. The van der Waals surface area contributed by atoms with Crippen molar-refractivity contribution in [2.75, 3.05) is 24.5 Å². The summed E-state index contributed by atoms with van der Waals surface area (Å²) < 4.78 is 7.98. The zero-order valence-electron chi connectivity index (χ0n) is 57.1. The smallest absolute Gasteiger partial charge is 0.256 e. The second-order valence-corrected chi connectivity index (χ2v) is 28.9. The molecule has 0 saturated heterocycles. The van der Waals surface area contributed by atoms with Gasteiger partial charge in [0.2, 0.25) is 0 Å². The quantitative estimate of drug-likeness (QED) is 0.120. The van der Waals surface area contributed by atoms with Crippen LogP contribution in [0.25, 0.3) is 22.3 Å². The molecule has 4 aliphatic rings. The van der Waals surface area contributed by atoms with Gasteiger partial charge in [0.15, 0.2) is 0 Å². The van der Waals surface area contributed by atoms with Crippen molar-refractivity contribution in [2.24, 2.45) is 0 Å². The van der Waals surface area contributed by atoms with Crippen LogP contribution in [0.15, 0.2) is 334 Å². The summed E-state index contributed by atoms with van der Waals surface area (Å²) in [5, 5.41) is 0. The van der Waals surface area contributed by atoms with E-state index in [1.54, 1.807) is 0 Å². The highest BCUT2D eigenvalue weighted by atomic mass is 16.5. The van der Waals surface area contributed by atoms with Crippen molar-refractivity contribution in [3.8, 4) is 33.8 Å². The van der Waals surface area contributed by atoms with Gasteiger partial charge in [-0.1, -0.05) is 260 Å². The van der Waals surface area contributed by atoms with Gasteiger partial charge in [0, 0.05) is 85.8 Å². The molecule has 6 nitrogen and oxygen atoms in total. The van der Waals surface area contributed by atoms with E-state index in [0.717, 1.165) is 130 Å². The van der Waals surface area contributed by atoms with E-state index >= 15 is 0 Å². The highest BCUT2D eigenvalue weighted by Gasteiger charge is 2.48. The first-order valence-electron chi connectivity index (χ1n) is 35.0. The first-order chi connectivity index (χ1) is 48.9. The summed E-state index contributed by atoms with van der Waals surface area (Å²) >= 11 is 0. The van der Waals surface area contributed by atoms with E-state index < -0.39 is 0 Å². The van der Waals surface area contributed by atoms with Gasteiger partial charge in [0.05, 0.1) is 22.7 Å². The lowest BCUT2D eigenvalue weighted by Gasteiger charge is -2.46. The molecule has 0 N–H and O–H groups in total. The lowest BCUT2D eigenvalue weighted by molar-refractivity contribution is 0.488. The van der Waals surface area contributed by atoms with Crippen LogP contribution in [0.2, 0.25) is 0 Å². The number of benzene rings is 14. The predicted octanol–water partition coefficient (Wildman–Crippen LogP) is 21.0. The Morgan fingerprint density at radius 3 is 1.20 bits per heavy atom. The minimum absolute atomic E-state index is 0.00201. The fraction of sp³-hybridized carbons (Fsp3) is 0.0870. The van der Waals surface area contributed by atoms with Gasteiger partial charge in [-0.05, 0) is 169 Å². The predicted molar refractivity (Wildman–Crippen MR) is 424 cm³/mol. The SMILES string of the molecule is CC(C)(C)c1ccc(-c2ccccc2N(c2ccccc2)c2cc3c4c(c2)N(c2ccccc2-c2ccc(C(C)(C)C)cc2)c2ccccc2B4c2cc4c(cc2O3)N(c2ccccc2)c2cc(N(c3ccccc3)c3ccccc3)cc3c2B4c2ccccc2N3c2ccccc2)cc1.